The lowest BCUT2D eigenvalue weighted by Crippen LogP contribution is -2.39. The first-order chi connectivity index (χ1) is 7.13. The van der Waals surface area contributed by atoms with E-state index in [2.05, 4.69) is 17.0 Å². The minimum absolute atomic E-state index is 0.285. The molecule has 0 fully saturated rings. The third-order valence-electron chi connectivity index (χ3n) is 2.31. The molecule has 1 unspecified atom stereocenters. The predicted molar refractivity (Wildman–Crippen MR) is 54.5 cm³/mol. The average molecular weight is 205 g/mol. The van der Waals surface area contributed by atoms with Crippen LogP contribution in [0.5, 0.6) is 0 Å². The van der Waals surface area contributed by atoms with Crippen molar-refractivity contribution in [3.8, 4) is 0 Å². The molecule has 1 aliphatic rings. The second kappa shape index (κ2) is 3.34. The number of nitrogens with one attached hydrogen (secondary N) is 1. The number of anilines is 1. The third-order valence-corrected chi connectivity index (χ3v) is 2.31. The van der Waals surface area contributed by atoms with Crippen LogP contribution in [0, 0.1) is 12.8 Å². The molecule has 0 saturated carbocycles. The number of carbonyl (C=O) groups is 2. The van der Waals surface area contributed by atoms with E-state index < -0.39 is 5.92 Å². The highest BCUT2D eigenvalue weighted by atomic mass is 16.2. The standard InChI is InChI=1S/C10H11N3O2/c1-3-4-7-9(14)11-8-5-6(2)12-13(8)10(7)15/h3,5,7H,1,4H2,2H3,(H,11,14). The number of aryl methyl sites for hydroxylation is 1. The van der Waals surface area contributed by atoms with Gasteiger partial charge < -0.3 is 5.32 Å². The Morgan fingerprint density at radius 1 is 1.67 bits per heavy atom. The molecule has 78 valence electrons. The molecule has 1 aromatic heterocycles. The molecule has 0 saturated heterocycles. The number of aromatic nitrogens is 2. The molecule has 2 heterocycles. The summed E-state index contributed by atoms with van der Waals surface area (Å²) >= 11 is 0. The number of carbonyl (C=O) groups excluding carboxylic acids is 2. The Labute approximate surface area is 86.8 Å². The molecule has 0 bridgehead atoms. The number of hydrogen-bond acceptors (Lipinski definition) is 3. The van der Waals surface area contributed by atoms with Crippen LogP contribution in [-0.4, -0.2) is 21.6 Å². The maximum atomic E-state index is 11.8. The fourth-order valence-electron chi connectivity index (χ4n) is 1.60. The van der Waals surface area contributed by atoms with Crippen LogP contribution < -0.4 is 5.32 Å². The van der Waals surface area contributed by atoms with Crippen molar-refractivity contribution in [2.75, 3.05) is 5.32 Å². The first-order valence-electron chi connectivity index (χ1n) is 4.66. The Hall–Kier alpha value is -1.91. The largest absolute Gasteiger partial charge is 0.310 e. The molecule has 1 amide bonds. The number of hydrogen-bond donors (Lipinski definition) is 1. The second-order valence-corrected chi connectivity index (χ2v) is 3.49. The van der Waals surface area contributed by atoms with Crippen LogP contribution in [-0.2, 0) is 4.79 Å². The van der Waals surface area contributed by atoms with Crippen LogP contribution in [0.25, 0.3) is 0 Å². The van der Waals surface area contributed by atoms with Gasteiger partial charge in [-0.2, -0.15) is 9.78 Å². The fraction of sp³-hybridized carbons (Fsp3) is 0.300. The highest BCUT2D eigenvalue weighted by Gasteiger charge is 2.34. The van der Waals surface area contributed by atoms with E-state index in [-0.39, 0.29) is 11.8 Å². The van der Waals surface area contributed by atoms with Gasteiger partial charge in [0.2, 0.25) is 5.91 Å². The highest BCUT2D eigenvalue weighted by Crippen LogP contribution is 2.21. The zero-order chi connectivity index (χ0) is 11.0. The van der Waals surface area contributed by atoms with Crippen molar-refractivity contribution < 1.29 is 9.59 Å². The van der Waals surface area contributed by atoms with E-state index in [1.807, 2.05) is 0 Å². The lowest BCUT2D eigenvalue weighted by atomic mass is 10.0. The summed E-state index contributed by atoms with van der Waals surface area (Å²) in [4.78, 5) is 23.4. The van der Waals surface area contributed by atoms with E-state index in [1.165, 1.54) is 4.68 Å². The zero-order valence-electron chi connectivity index (χ0n) is 8.36. The molecular formula is C10H11N3O2. The molecule has 0 aliphatic carbocycles. The quantitative estimate of drug-likeness (QED) is 0.578. The van der Waals surface area contributed by atoms with E-state index in [0.717, 1.165) is 0 Å². The van der Waals surface area contributed by atoms with Crippen LogP contribution >= 0.6 is 0 Å². The summed E-state index contributed by atoms with van der Waals surface area (Å²) in [6.07, 6.45) is 1.90. The van der Waals surface area contributed by atoms with Crippen LogP contribution in [0.1, 0.15) is 16.9 Å². The molecule has 2 rings (SSSR count). The van der Waals surface area contributed by atoms with Crippen LogP contribution in [0.4, 0.5) is 5.82 Å². The Morgan fingerprint density at radius 3 is 3.07 bits per heavy atom. The van der Waals surface area contributed by atoms with Crippen molar-refractivity contribution in [1.82, 2.24) is 9.78 Å². The van der Waals surface area contributed by atoms with Crippen LogP contribution in [0.2, 0.25) is 0 Å². The van der Waals surface area contributed by atoms with Gasteiger partial charge in [-0.25, -0.2) is 0 Å². The van der Waals surface area contributed by atoms with Crippen molar-refractivity contribution in [3.05, 3.63) is 24.4 Å². The molecule has 15 heavy (non-hydrogen) atoms. The number of allylic oxidation sites excluding steroid dienone is 1. The van der Waals surface area contributed by atoms with Gasteiger partial charge in [0.1, 0.15) is 11.7 Å². The monoisotopic (exact) mass is 205 g/mol. The molecule has 0 spiro atoms. The molecule has 1 aliphatic heterocycles. The van der Waals surface area contributed by atoms with E-state index in [0.29, 0.717) is 17.9 Å². The van der Waals surface area contributed by atoms with E-state index in [1.54, 1.807) is 19.1 Å². The zero-order valence-corrected chi connectivity index (χ0v) is 8.36. The minimum Gasteiger partial charge on any atom is -0.310 e. The van der Waals surface area contributed by atoms with E-state index >= 15 is 0 Å². The first-order valence-corrected chi connectivity index (χ1v) is 4.66. The maximum absolute atomic E-state index is 11.8. The Morgan fingerprint density at radius 2 is 2.40 bits per heavy atom. The number of amides is 1. The molecule has 0 radical (unpaired) electrons. The summed E-state index contributed by atoms with van der Waals surface area (Å²) in [6, 6.07) is 1.67. The Kier molecular flexibility index (Phi) is 2.15. The summed E-state index contributed by atoms with van der Waals surface area (Å²) in [5, 5.41) is 6.66. The Balaban J connectivity index is 2.42. The molecule has 5 heteroatoms. The minimum atomic E-state index is -0.700. The maximum Gasteiger partial charge on any atom is 0.261 e. The van der Waals surface area contributed by atoms with Gasteiger partial charge in [0.25, 0.3) is 5.91 Å². The van der Waals surface area contributed by atoms with Gasteiger partial charge in [-0.3, -0.25) is 9.59 Å². The molecule has 0 aromatic carbocycles. The highest BCUT2D eigenvalue weighted by molar-refractivity contribution is 6.11. The second-order valence-electron chi connectivity index (χ2n) is 3.49. The number of fused-ring (bicyclic) bond motifs is 1. The summed E-state index contributed by atoms with van der Waals surface area (Å²) in [7, 11) is 0. The lowest BCUT2D eigenvalue weighted by molar-refractivity contribution is -0.119. The fourth-order valence-corrected chi connectivity index (χ4v) is 1.60. The van der Waals surface area contributed by atoms with Crippen molar-refractivity contribution in [1.29, 1.82) is 0 Å². The Bertz CT molecular complexity index is 448. The average Bonchev–Trinajstić information content (AvgIpc) is 2.53. The normalized spacial score (nSPS) is 19.7. The summed E-state index contributed by atoms with van der Waals surface area (Å²) in [5.41, 5.74) is 0.706. The smallest absolute Gasteiger partial charge is 0.261 e. The topological polar surface area (TPSA) is 64.0 Å². The SMILES string of the molecule is C=CCC1C(=O)Nc2cc(C)nn2C1=O. The lowest BCUT2D eigenvalue weighted by Gasteiger charge is -2.20. The van der Waals surface area contributed by atoms with Crippen molar-refractivity contribution in [2.24, 2.45) is 5.92 Å². The van der Waals surface area contributed by atoms with Crippen LogP contribution in [0.3, 0.4) is 0 Å². The van der Waals surface area contributed by atoms with E-state index in [9.17, 15) is 9.59 Å². The molecule has 5 nitrogen and oxygen atoms in total. The molecule has 1 atom stereocenters. The molecular weight excluding hydrogens is 194 g/mol. The van der Waals surface area contributed by atoms with Crippen molar-refractivity contribution >= 4 is 17.6 Å². The van der Waals surface area contributed by atoms with Gasteiger partial charge in [-0.05, 0) is 13.3 Å². The third kappa shape index (κ3) is 1.45. The number of nitrogens with zero attached hydrogens (tertiary/aromatic N) is 2. The van der Waals surface area contributed by atoms with Gasteiger partial charge in [0, 0.05) is 6.07 Å². The first kappa shape index (κ1) is 9.64. The van der Waals surface area contributed by atoms with Gasteiger partial charge in [0.15, 0.2) is 0 Å². The summed E-state index contributed by atoms with van der Waals surface area (Å²) in [6.45, 7) is 5.29. The summed E-state index contributed by atoms with van der Waals surface area (Å²) in [5.74, 6) is -0.828. The number of rotatable bonds is 2. The predicted octanol–water partition coefficient (Wildman–Crippen LogP) is 0.976. The van der Waals surface area contributed by atoms with E-state index in [4.69, 9.17) is 0 Å². The molecule has 1 N–H and O–H groups in total. The van der Waals surface area contributed by atoms with Gasteiger partial charge in [-0.1, -0.05) is 6.08 Å². The van der Waals surface area contributed by atoms with Crippen molar-refractivity contribution in [3.63, 3.8) is 0 Å². The molecule has 1 aromatic rings. The summed E-state index contributed by atoms with van der Waals surface area (Å²) < 4.78 is 1.24. The van der Waals surface area contributed by atoms with Crippen LogP contribution in [0.15, 0.2) is 18.7 Å². The van der Waals surface area contributed by atoms with Gasteiger partial charge in [0.05, 0.1) is 5.69 Å². The van der Waals surface area contributed by atoms with Crippen molar-refractivity contribution in [2.45, 2.75) is 13.3 Å². The van der Waals surface area contributed by atoms with Gasteiger partial charge >= 0.3 is 0 Å². The van der Waals surface area contributed by atoms with Gasteiger partial charge in [-0.15, -0.1) is 6.58 Å².